The molecule has 0 aliphatic carbocycles. The molecule has 0 bridgehead atoms. The molecule has 16 heavy (non-hydrogen) atoms. The predicted octanol–water partition coefficient (Wildman–Crippen LogP) is -0.215. The van der Waals surface area contributed by atoms with Gasteiger partial charge >= 0.3 is 0 Å². The zero-order valence-electron chi connectivity index (χ0n) is 9.36. The van der Waals surface area contributed by atoms with Crippen molar-refractivity contribution in [2.45, 2.75) is 13.5 Å². The molecule has 1 saturated heterocycles. The van der Waals surface area contributed by atoms with E-state index in [1.807, 2.05) is 24.0 Å². The van der Waals surface area contributed by atoms with Crippen molar-refractivity contribution < 1.29 is 4.79 Å². The Hall–Kier alpha value is -1.62. The van der Waals surface area contributed by atoms with Gasteiger partial charge in [-0.05, 0) is 13.0 Å². The summed E-state index contributed by atoms with van der Waals surface area (Å²) >= 11 is 0. The Bertz CT molecular complexity index is 405. The maximum atomic E-state index is 11.3. The number of rotatable bonds is 2. The van der Waals surface area contributed by atoms with Crippen LogP contribution in [0.4, 0.5) is 5.82 Å². The van der Waals surface area contributed by atoms with Crippen molar-refractivity contribution in [3.63, 3.8) is 0 Å². The van der Waals surface area contributed by atoms with Gasteiger partial charge in [0.05, 0.1) is 6.54 Å². The SMILES string of the molecule is Cc1ccc(CN)c(N2CCNC(=O)C2)n1. The first-order valence-electron chi connectivity index (χ1n) is 5.39. The van der Waals surface area contributed by atoms with E-state index in [4.69, 9.17) is 5.73 Å². The Balaban J connectivity index is 2.30. The van der Waals surface area contributed by atoms with Gasteiger partial charge in [-0.1, -0.05) is 6.07 Å². The van der Waals surface area contributed by atoms with Gasteiger partial charge in [-0.2, -0.15) is 0 Å². The largest absolute Gasteiger partial charge is 0.353 e. The fourth-order valence-corrected chi connectivity index (χ4v) is 1.82. The summed E-state index contributed by atoms with van der Waals surface area (Å²) in [5.74, 6) is 0.884. The first-order valence-corrected chi connectivity index (χ1v) is 5.39. The first-order chi connectivity index (χ1) is 7.70. The lowest BCUT2D eigenvalue weighted by molar-refractivity contribution is -0.120. The standard InChI is InChI=1S/C11H16N4O/c1-8-2-3-9(6-12)11(14-8)15-5-4-13-10(16)7-15/h2-3H,4-7,12H2,1H3,(H,13,16). The highest BCUT2D eigenvalue weighted by Crippen LogP contribution is 2.18. The van der Waals surface area contributed by atoms with E-state index in [-0.39, 0.29) is 5.91 Å². The van der Waals surface area contributed by atoms with E-state index < -0.39 is 0 Å². The van der Waals surface area contributed by atoms with Crippen molar-refractivity contribution >= 4 is 11.7 Å². The van der Waals surface area contributed by atoms with Gasteiger partial charge < -0.3 is 16.0 Å². The summed E-state index contributed by atoms with van der Waals surface area (Å²) in [6.45, 7) is 4.20. The third kappa shape index (κ3) is 2.14. The van der Waals surface area contributed by atoms with Crippen LogP contribution in [0.2, 0.25) is 0 Å². The van der Waals surface area contributed by atoms with Gasteiger partial charge in [0.1, 0.15) is 5.82 Å². The van der Waals surface area contributed by atoms with Crippen molar-refractivity contribution in [3.05, 3.63) is 23.4 Å². The smallest absolute Gasteiger partial charge is 0.239 e. The molecular formula is C11H16N4O. The van der Waals surface area contributed by atoms with Crippen LogP contribution < -0.4 is 16.0 Å². The second kappa shape index (κ2) is 4.49. The highest BCUT2D eigenvalue weighted by Gasteiger charge is 2.19. The normalized spacial score (nSPS) is 16.1. The maximum Gasteiger partial charge on any atom is 0.239 e. The number of nitrogens with one attached hydrogen (secondary N) is 1. The summed E-state index contributed by atoms with van der Waals surface area (Å²) in [6, 6.07) is 3.92. The molecule has 0 saturated carbocycles. The number of anilines is 1. The molecule has 1 aliphatic rings. The third-order valence-corrected chi connectivity index (χ3v) is 2.65. The number of hydrogen-bond acceptors (Lipinski definition) is 4. The number of amides is 1. The number of carbonyl (C=O) groups excluding carboxylic acids is 1. The van der Waals surface area contributed by atoms with Gasteiger partial charge in [0.15, 0.2) is 0 Å². The van der Waals surface area contributed by atoms with E-state index in [0.717, 1.165) is 23.6 Å². The number of aryl methyl sites for hydroxylation is 1. The number of pyridine rings is 1. The lowest BCUT2D eigenvalue weighted by Crippen LogP contribution is -2.48. The molecule has 1 aromatic heterocycles. The number of nitrogens with zero attached hydrogens (tertiary/aromatic N) is 2. The second-order valence-corrected chi connectivity index (χ2v) is 3.91. The molecule has 0 unspecified atom stereocenters. The fourth-order valence-electron chi connectivity index (χ4n) is 1.82. The Morgan fingerprint density at radius 2 is 2.38 bits per heavy atom. The molecule has 3 N–H and O–H groups in total. The zero-order valence-corrected chi connectivity index (χ0v) is 9.36. The average molecular weight is 220 g/mol. The van der Waals surface area contributed by atoms with Gasteiger partial charge in [0.2, 0.25) is 5.91 Å². The Labute approximate surface area is 94.6 Å². The minimum absolute atomic E-state index is 0.0394. The molecule has 1 amide bonds. The topological polar surface area (TPSA) is 71.2 Å². The van der Waals surface area contributed by atoms with Gasteiger partial charge in [0.25, 0.3) is 0 Å². The number of nitrogens with two attached hydrogens (primary N) is 1. The number of piperazine rings is 1. The van der Waals surface area contributed by atoms with Crippen LogP contribution in [-0.4, -0.2) is 30.5 Å². The zero-order chi connectivity index (χ0) is 11.5. The molecule has 0 radical (unpaired) electrons. The molecule has 1 aliphatic heterocycles. The highest BCUT2D eigenvalue weighted by molar-refractivity contribution is 5.82. The predicted molar refractivity (Wildman–Crippen MR) is 62.1 cm³/mol. The fraction of sp³-hybridized carbons (Fsp3) is 0.455. The summed E-state index contributed by atoms with van der Waals surface area (Å²) in [4.78, 5) is 17.8. The van der Waals surface area contributed by atoms with Crippen LogP contribution in [0.5, 0.6) is 0 Å². The molecule has 86 valence electrons. The lowest BCUT2D eigenvalue weighted by Gasteiger charge is -2.29. The van der Waals surface area contributed by atoms with E-state index in [1.54, 1.807) is 0 Å². The maximum absolute atomic E-state index is 11.3. The van der Waals surface area contributed by atoms with Crippen molar-refractivity contribution in [3.8, 4) is 0 Å². The second-order valence-electron chi connectivity index (χ2n) is 3.91. The van der Waals surface area contributed by atoms with Crippen molar-refractivity contribution in [2.24, 2.45) is 5.73 Å². The summed E-state index contributed by atoms with van der Waals surface area (Å²) in [6.07, 6.45) is 0. The molecule has 1 fully saturated rings. The molecule has 0 spiro atoms. The van der Waals surface area contributed by atoms with E-state index in [0.29, 0.717) is 19.6 Å². The van der Waals surface area contributed by atoms with Crippen LogP contribution in [0.1, 0.15) is 11.3 Å². The quantitative estimate of drug-likeness (QED) is 0.723. The molecular weight excluding hydrogens is 204 g/mol. The van der Waals surface area contributed by atoms with E-state index in [2.05, 4.69) is 10.3 Å². The third-order valence-electron chi connectivity index (χ3n) is 2.65. The Morgan fingerprint density at radius 3 is 3.06 bits per heavy atom. The summed E-state index contributed by atoms with van der Waals surface area (Å²) in [5, 5.41) is 2.79. The monoisotopic (exact) mass is 220 g/mol. The minimum Gasteiger partial charge on any atom is -0.353 e. The van der Waals surface area contributed by atoms with Crippen LogP contribution in [0, 0.1) is 6.92 Å². The molecule has 0 aromatic carbocycles. The summed E-state index contributed by atoms with van der Waals surface area (Å²) < 4.78 is 0. The number of hydrogen-bond donors (Lipinski definition) is 2. The molecule has 5 heteroatoms. The van der Waals surface area contributed by atoms with E-state index in [9.17, 15) is 4.79 Å². The highest BCUT2D eigenvalue weighted by atomic mass is 16.2. The Kier molecular flexibility index (Phi) is 3.05. The van der Waals surface area contributed by atoms with Crippen LogP contribution in [0.25, 0.3) is 0 Å². The first kappa shape index (κ1) is 10.9. The average Bonchev–Trinajstić information content (AvgIpc) is 2.29. The van der Waals surface area contributed by atoms with E-state index in [1.165, 1.54) is 0 Å². The molecule has 1 aromatic rings. The van der Waals surface area contributed by atoms with Crippen LogP contribution in [-0.2, 0) is 11.3 Å². The van der Waals surface area contributed by atoms with Gasteiger partial charge in [-0.15, -0.1) is 0 Å². The van der Waals surface area contributed by atoms with Gasteiger partial charge in [-0.25, -0.2) is 4.98 Å². The van der Waals surface area contributed by atoms with E-state index >= 15 is 0 Å². The number of carbonyl (C=O) groups is 1. The van der Waals surface area contributed by atoms with Crippen LogP contribution in [0.15, 0.2) is 12.1 Å². The summed E-state index contributed by atoms with van der Waals surface area (Å²) in [5.41, 5.74) is 7.60. The lowest BCUT2D eigenvalue weighted by atomic mass is 10.2. The molecule has 0 atom stereocenters. The molecule has 2 heterocycles. The number of aromatic nitrogens is 1. The Morgan fingerprint density at radius 1 is 1.56 bits per heavy atom. The van der Waals surface area contributed by atoms with Crippen molar-refractivity contribution in [1.82, 2.24) is 10.3 Å². The van der Waals surface area contributed by atoms with Gasteiger partial charge in [-0.3, -0.25) is 4.79 Å². The van der Waals surface area contributed by atoms with Crippen LogP contribution in [0.3, 0.4) is 0 Å². The molecule has 5 nitrogen and oxygen atoms in total. The minimum atomic E-state index is 0.0394. The molecule has 2 rings (SSSR count). The summed E-state index contributed by atoms with van der Waals surface area (Å²) in [7, 11) is 0. The van der Waals surface area contributed by atoms with Crippen LogP contribution >= 0.6 is 0 Å². The van der Waals surface area contributed by atoms with Crippen molar-refractivity contribution in [1.29, 1.82) is 0 Å². The van der Waals surface area contributed by atoms with Crippen molar-refractivity contribution in [2.75, 3.05) is 24.5 Å². The van der Waals surface area contributed by atoms with Gasteiger partial charge in [0, 0.05) is 30.9 Å².